The summed E-state index contributed by atoms with van der Waals surface area (Å²) in [5, 5.41) is 3.02. The Kier molecular flexibility index (Phi) is 12.6. The third-order valence-corrected chi connectivity index (χ3v) is 11.8. The van der Waals surface area contributed by atoms with Crippen LogP contribution < -0.4 is 5.32 Å². The van der Waals surface area contributed by atoms with Crippen molar-refractivity contribution in [2.75, 3.05) is 55.0 Å². The van der Waals surface area contributed by atoms with Crippen molar-refractivity contribution in [1.29, 1.82) is 0 Å². The minimum Gasteiger partial charge on any atom is -0.463 e. The van der Waals surface area contributed by atoms with Gasteiger partial charge in [-0.3, -0.25) is 19.3 Å². The molecular formula is C36H64N4O7. The van der Waals surface area contributed by atoms with Crippen molar-refractivity contribution in [2.24, 2.45) is 23.2 Å². The molecule has 3 unspecified atom stereocenters. The summed E-state index contributed by atoms with van der Waals surface area (Å²) < 4.78 is 25.5. The maximum Gasteiger partial charge on any atom is 0.319 e. The van der Waals surface area contributed by atoms with Crippen LogP contribution in [0.3, 0.4) is 0 Å². The number of hydrogen-bond donors (Lipinski definition) is 1. The molecule has 0 saturated carbocycles. The van der Waals surface area contributed by atoms with Crippen LogP contribution in [0.25, 0.3) is 0 Å². The van der Waals surface area contributed by atoms with Crippen LogP contribution in [-0.2, 0) is 33.3 Å². The van der Waals surface area contributed by atoms with Crippen LogP contribution in [0.4, 0.5) is 0 Å². The van der Waals surface area contributed by atoms with Crippen molar-refractivity contribution < 1.29 is 33.3 Å². The summed E-state index contributed by atoms with van der Waals surface area (Å²) in [7, 11) is 9.76. The van der Waals surface area contributed by atoms with Gasteiger partial charge in [-0.05, 0) is 106 Å². The van der Waals surface area contributed by atoms with E-state index in [1.165, 1.54) is 0 Å². The van der Waals surface area contributed by atoms with Gasteiger partial charge < -0.3 is 34.1 Å². The molecule has 4 rings (SSSR count). The number of nitrogens with one attached hydrogen (secondary N) is 1. The number of cyclic esters (lactones) is 1. The number of piperidine rings is 1. The lowest BCUT2D eigenvalue weighted by molar-refractivity contribution is -0.263. The van der Waals surface area contributed by atoms with Gasteiger partial charge in [-0.15, -0.1) is 0 Å². The Labute approximate surface area is 283 Å². The predicted molar refractivity (Wildman–Crippen MR) is 181 cm³/mol. The second-order valence-corrected chi connectivity index (χ2v) is 16.2. The molecule has 10 atom stereocenters. The van der Waals surface area contributed by atoms with E-state index in [9.17, 15) is 14.4 Å². The van der Waals surface area contributed by atoms with E-state index in [1.54, 1.807) is 21.0 Å². The molecule has 0 aromatic heterocycles. The lowest BCUT2D eigenvalue weighted by Crippen LogP contribution is -2.55. The normalized spacial score (nSPS) is 40.8. The van der Waals surface area contributed by atoms with Gasteiger partial charge in [-0.25, -0.2) is 0 Å². The van der Waals surface area contributed by atoms with Crippen molar-refractivity contribution in [3.63, 3.8) is 0 Å². The zero-order valence-corrected chi connectivity index (χ0v) is 31.0. The number of amides is 1. The highest BCUT2D eigenvalue weighted by Crippen LogP contribution is 2.42. The number of carbonyl (C=O) groups is 3. The molecule has 4 heterocycles. The van der Waals surface area contributed by atoms with E-state index >= 15 is 0 Å². The fourth-order valence-electron chi connectivity index (χ4n) is 9.19. The summed E-state index contributed by atoms with van der Waals surface area (Å²) in [6, 6.07) is 0.668. The van der Waals surface area contributed by atoms with Crippen LogP contribution >= 0.6 is 0 Å². The summed E-state index contributed by atoms with van der Waals surface area (Å²) in [5.74, 6) is -0.790. The van der Waals surface area contributed by atoms with Crippen molar-refractivity contribution in [2.45, 2.75) is 135 Å². The molecule has 0 radical (unpaired) electrons. The van der Waals surface area contributed by atoms with Crippen LogP contribution in [0.5, 0.6) is 0 Å². The van der Waals surface area contributed by atoms with Crippen molar-refractivity contribution >= 4 is 17.7 Å². The van der Waals surface area contributed by atoms with Gasteiger partial charge in [-0.2, -0.15) is 0 Å². The van der Waals surface area contributed by atoms with Gasteiger partial charge in [0.05, 0.1) is 24.4 Å². The third-order valence-electron chi connectivity index (χ3n) is 11.8. The topological polar surface area (TPSA) is 110 Å². The average Bonchev–Trinajstić information content (AvgIpc) is 3.27. The molecule has 4 aliphatic heterocycles. The van der Waals surface area contributed by atoms with Crippen LogP contribution in [0, 0.1) is 23.2 Å². The molecule has 0 aromatic rings. The van der Waals surface area contributed by atoms with Gasteiger partial charge in [0, 0.05) is 50.2 Å². The molecular weight excluding hydrogens is 600 g/mol. The highest BCUT2D eigenvalue weighted by Gasteiger charge is 2.51. The number of likely N-dealkylation sites (N-methyl/N-ethyl adjacent to an activating group) is 2. The highest BCUT2D eigenvalue weighted by molar-refractivity contribution is 6.04. The first-order valence-corrected chi connectivity index (χ1v) is 17.9. The Morgan fingerprint density at radius 2 is 1.68 bits per heavy atom. The molecule has 2 bridgehead atoms. The number of methoxy groups -OCH3 is 1. The van der Waals surface area contributed by atoms with Crippen molar-refractivity contribution in [3.8, 4) is 0 Å². The van der Waals surface area contributed by atoms with Crippen LogP contribution in [0.2, 0.25) is 0 Å². The number of rotatable bonds is 7. The van der Waals surface area contributed by atoms with Crippen molar-refractivity contribution in [3.05, 3.63) is 0 Å². The SMILES string of the molecule is CNCC(=O)N1C2CCC1CC(C1COC(=O)C(C)(C)C(=O)[C@H](C)[C@@H](O[C@H]3C[C@@H](N(C)C)C[C@@H](C)O3)[C@](C)(OC)C[C@@H](C)CN1C)C2. The van der Waals surface area contributed by atoms with Crippen molar-refractivity contribution in [1.82, 2.24) is 20.0 Å². The standard InChI is InChI=1S/C36H64N4O7/c1-22-18-36(6,44-11)33(47-31-17-28(38(8)9)14-23(2)46-31)24(3)32(42)35(4,5)34(43)45-21-29(39(10)20-22)25-15-26-12-13-27(16-25)40(26)30(41)19-37-7/h22-29,31,33,37H,12-21H2,1-11H3/t22-,23-,24+,25?,26?,27?,28+,29?,31+,33-,36-/m1/s1. The molecule has 0 aliphatic carbocycles. The summed E-state index contributed by atoms with van der Waals surface area (Å²) in [4.78, 5) is 47.7. The first kappa shape index (κ1) is 38.2. The smallest absolute Gasteiger partial charge is 0.319 e. The second kappa shape index (κ2) is 15.5. The molecule has 4 aliphatic rings. The second-order valence-electron chi connectivity index (χ2n) is 16.2. The van der Waals surface area contributed by atoms with E-state index in [2.05, 4.69) is 55.0 Å². The number of fused-ring (bicyclic) bond motifs is 2. The van der Waals surface area contributed by atoms with E-state index in [1.807, 2.05) is 20.9 Å². The van der Waals surface area contributed by atoms with E-state index in [4.69, 9.17) is 18.9 Å². The predicted octanol–water partition coefficient (Wildman–Crippen LogP) is 3.34. The maximum atomic E-state index is 14.3. The monoisotopic (exact) mass is 664 g/mol. The zero-order valence-electron chi connectivity index (χ0n) is 31.0. The maximum absolute atomic E-state index is 14.3. The average molecular weight is 665 g/mol. The number of Topliss-reactive ketones (excluding diaryl/α,β-unsaturated/α-hetero) is 1. The molecule has 1 N–H and O–H groups in total. The molecule has 11 heteroatoms. The zero-order chi connectivity index (χ0) is 34.8. The van der Waals surface area contributed by atoms with Gasteiger partial charge >= 0.3 is 5.97 Å². The lowest BCUT2D eigenvalue weighted by atomic mass is 9.74. The number of carbonyl (C=O) groups excluding carboxylic acids is 3. The summed E-state index contributed by atoms with van der Waals surface area (Å²) >= 11 is 0. The van der Waals surface area contributed by atoms with E-state index < -0.39 is 35.3 Å². The molecule has 47 heavy (non-hydrogen) atoms. The molecule has 4 saturated heterocycles. The number of ether oxygens (including phenoxy) is 4. The van der Waals surface area contributed by atoms with Gasteiger partial charge in [0.1, 0.15) is 12.0 Å². The van der Waals surface area contributed by atoms with Gasteiger partial charge in [0.15, 0.2) is 12.1 Å². The fourth-order valence-corrected chi connectivity index (χ4v) is 9.19. The number of ketones is 1. The molecule has 0 aromatic carbocycles. The summed E-state index contributed by atoms with van der Waals surface area (Å²) in [6.07, 6.45) is 4.88. The van der Waals surface area contributed by atoms with Crippen LogP contribution in [0.15, 0.2) is 0 Å². The van der Waals surface area contributed by atoms with Gasteiger partial charge in [-0.1, -0.05) is 13.8 Å². The number of nitrogens with zero attached hydrogens (tertiary/aromatic N) is 3. The number of hydrogen-bond acceptors (Lipinski definition) is 10. The molecule has 0 spiro atoms. The largest absolute Gasteiger partial charge is 0.463 e. The molecule has 270 valence electrons. The van der Waals surface area contributed by atoms with Gasteiger partial charge in [0.25, 0.3) is 0 Å². The van der Waals surface area contributed by atoms with Gasteiger partial charge in [0.2, 0.25) is 5.91 Å². The Bertz CT molecular complexity index is 1090. The minimum atomic E-state index is -1.38. The first-order valence-electron chi connectivity index (χ1n) is 17.9. The lowest BCUT2D eigenvalue weighted by Gasteiger charge is -2.46. The van der Waals surface area contributed by atoms with E-state index in [-0.39, 0.29) is 60.4 Å². The summed E-state index contributed by atoms with van der Waals surface area (Å²) in [6.45, 7) is 12.8. The Balaban J connectivity index is 1.62. The highest BCUT2D eigenvalue weighted by atomic mass is 16.7. The Hall–Kier alpha value is -1.63. The Morgan fingerprint density at radius 1 is 1.04 bits per heavy atom. The summed E-state index contributed by atoms with van der Waals surface area (Å²) in [5.41, 5.74) is -2.21. The van der Waals surface area contributed by atoms with Crippen LogP contribution in [0.1, 0.15) is 86.5 Å². The fraction of sp³-hybridized carbons (Fsp3) is 0.917. The van der Waals surface area contributed by atoms with Crippen LogP contribution in [-0.4, -0.2) is 136 Å². The molecule has 4 fully saturated rings. The molecule has 1 amide bonds. The number of esters is 1. The van der Waals surface area contributed by atoms with E-state index in [0.717, 1.165) is 38.6 Å². The first-order chi connectivity index (χ1) is 22.0. The minimum absolute atomic E-state index is 0.00942. The third kappa shape index (κ3) is 8.40. The van der Waals surface area contributed by atoms with E-state index in [0.29, 0.717) is 19.4 Å². The Morgan fingerprint density at radius 3 is 2.26 bits per heavy atom. The molecule has 11 nitrogen and oxygen atoms in total. The quantitative estimate of drug-likeness (QED) is 0.322.